The minimum Gasteiger partial charge on any atom is -0.504 e. The summed E-state index contributed by atoms with van der Waals surface area (Å²) in [7, 11) is 0. The Hall–Kier alpha value is -3.34. The fraction of sp³-hybridized carbons (Fsp3) is 0.280. The highest BCUT2D eigenvalue weighted by Crippen LogP contribution is 2.50. The summed E-state index contributed by atoms with van der Waals surface area (Å²) < 4.78 is 11.6. The van der Waals surface area contributed by atoms with Crippen LogP contribution in [0.5, 0.6) is 11.5 Å². The summed E-state index contributed by atoms with van der Waals surface area (Å²) in [6, 6.07) is 7.47. The van der Waals surface area contributed by atoms with E-state index in [0.717, 1.165) is 41.2 Å². The van der Waals surface area contributed by atoms with Crippen molar-refractivity contribution >= 4 is 27.7 Å². The molecular formula is C25H23NO4. The number of fused-ring (bicyclic) bond motifs is 5. The summed E-state index contributed by atoms with van der Waals surface area (Å²) in [6.45, 7) is 6.33. The van der Waals surface area contributed by atoms with Gasteiger partial charge in [-0.2, -0.15) is 0 Å². The smallest absolute Gasteiger partial charge is 0.345 e. The molecule has 0 unspecified atom stereocenters. The van der Waals surface area contributed by atoms with Crippen molar-refractivity contribution in [2.24, 2.45) is 0 Å². The normalized spacial score (nSPS) is 15.3. The van der Waals surface area contributed by atoms with Gasteiger partial charge in [-0.05, 0) is 60.4 Å². The van der Waals surface area contributed by atoms with Gasteiger partial charge in [0.1, 0.15) is 5.58 Å². The van der Waals surface area contributed by atoms with E-state index < -0.39 is 5.97 Å². The van der Waals surface area contributed by atoms with Gasteiger partial charge in [0.25, 0.3) is 0 Å². The Labute approximate surface area is 174 Å². The molecule has 0 saturated heterocycles. The summed E-state index contributed by atoms with van der Waals surface area (Å²) in [5.41, 5.74) is 4.10. The van der Waals surface area contributed by atoms with E-state index in [4.69, 9.17) is 9.15 Å². The molecule has 1 N–H and O–H groups in total. The maximum atomic E-state index is 12.8. The highest BCUT2D eigenvalue weighted by molar-refractivity contribution is 6.14. The quantitative estimate of drug-likeness (QED) is 0.338. The van der Waals surface area contributed by atoms with Crippen LogP contribution in [0.1, 0.15) is 53.7 Å². The molecule has 30 heavy (non-hydrogen) atoms. The Morgan fingerprint density at radius 2 is 2.07 bits per heavy atom. The van der Waals surface area contributed by atoms with Crippen LogP contribution in [0.25, 0.3) is 21.7 Å². The fourth-order valence-electron chi connectivity index (χ4n) is 4.73. The molecule has 0 radical (unpaired) electrons. The first-order chi connectivity index (χ1) is 14.4. The minimum absolute atomic E-state index is 0.00575. The van der Waals surface area contributed by atoms with Crippen molar-refractivity contribution in [2.75, 3.05) is 0 Å². The lowest BCUT2D eigenvalue weighted by Gasteiger charge is -2.33. The van der Waals surface area contributed by atoms with E-state index in [1.807, 2.05) is 13.0 Å². The number of phenols is 1. The minimum atomic E-state index is -0.565. The molecule has 2 aromatic carbocycles. The SMILES string of the molecule is Cc1coc2c1c(OC(=O)c1cccnc1)c(O)c1c3c(ccc12)C(C)(C)CCC3. The largest absolute Gasteiger partial charge is 0.504 e. The van der Waals surface area contributed by atoms with E-state index in [2.05, 4.69) is 24.9 Å². The maximum absolute atomic E-state index is 12.8. The average Bonchev–Trinajstić information content (AvgIpc) is 3.12. The number of hydrogen-bond donors (Lipinski definition) is 1. The predicted molar refractivity (Wildman–Crippen MR) is 115 cm³/mol. The number of rotatable bonds is 2. The third-order valence-corrected chi connectivity index (χ3v) is 6.26. The number of aromatic nitrogens is 1. The fourth-order valence-corrected chi connectivity index (χ4v) is 4.73. The van der Waals surface area contributed by atoms with Crippen LogP contribution in [0.4, 0.5) is 0 Å². The lowest BCUT2D eigenvalue weighted by atomic mass is 9.71. The first-order valence-electron chi connectivity index (χ1n) is 10.2. The zero-order chi connectivity index (χ0) is 21.0. The number of nitrogens with zero attached hydrogens (tertiary/aromatic N) is 1. The third kappa shape index (κ3) is 2.69. The third-order valence-electron chi connectivity index (χ3n) is 6.26. The van der Waals surface area contributed by atoms with Crippen LogP contribution < -0.4 is 4.74 Å². The van der Waals surface area contributed by atoms with E-state index in [1.165, 1.54) is 11.8 Å². The van der Waals surface area contributed by atoms with Gasteiger partial charge in [0.15, 0.2) is 11.5 Å². The van der Waals surface area contributed by atoms with Crippen molar-refractivity contribution in [3.05, 3.63) is 65.2 Å². The maximum Gasteiger partial charge on any atom is 0.345 e. The van der Waals surface area contributed by atoms with E-state index in [-0.39, 0.29) is 16.9 Å². The molecule has 152 valence electrons. The van der Waals surface area contributed by atoms with Gasteiger partial charge < -0.3 is 14.3 Å². The van der Waals surface area contributed by atoms with Gasteiger partial charge in [-0.25, -0.2) is 4.79 Å². The van der Waals surface area contributed by atoms with Crippen LogP contribution in [-0.2, 0) is 11.8 Å². The molecule has 2 heterocycles. The van der Waals surface area contributed by atoms with Crippen molar-refractivity contribution < 1.29 is 19.1 Å². The number of aryl methyl sites for hydroxylation is 2. The van der Waals surface area contributed by atoms with Gasteiger partial charge in [-0.15, -0.1) is 0 Å². The molecular weight excluding hydrogens is 378 g/mol. The number of esters is 1. The number of pyridine rings is 1. The van der Waals surface area contributed by atoms with Crippen LogP contribution in [-0.4, -0.2) is 16.1 Å². The summed E-state index contributed by atoms with van der Waals surface area (Å²) in [4.78, 5) is 16.7. The molecule has 0 aliphatic heterocycles. The van der Waals surface area contributed by atoms with Gasteiger partial charge in [0.2, 0.25) is 0 Å². The van der Waals surface area contributed by atoms with Crippen molar-refractivity contribution in [3.8, 4) is 11.5 Å². The van der Waals surface area contributed by atoms with E-state index in [0.29, 0.717) is 16.5 Å². The second-order valence-corrected chi connectivity index (χ2v) is 8.68. The number of furan rings is 1. The van der Waals surface area contributed by atoms with E-state index in [9.17, 15) is 9.90 Å². The Morgan fingerprint density at radius 3 is 2.83 bits per heavy atom. The topological polar surface area (TPSA) is 72.6 Å². The number of aromatic hydroxyl groups is 1. The Bertz CT molecular complexity index is 1300. The van der Waals surface area contributed by atoms with Gasteiger partial charge in [0, 0.05) is 23.2 Å². The molecule has 5 heteroatoms. The molecule has 0 spiro atoms. The monoisotopic (exact) mass is 401 g/mol. The number of benzene rings is 2. The predicted octanol–water partition coefficient (Wildman–Crippen LogP) is 5.83. The zero-order valence-corrected chi connectivity index (χ0v) is 17.3. The summed E-state index contributed by atoms with van der Waals surface area (Å²) >= 11 is 0. The number of ether oxygens (including phenoxy) is 1. The van der Waals surface area contributed by atoms with Crippen LogP contribution >= 0.6 is 0 Å². The van der Waals surface area contributed by atoms with Gasteiger partial charge in [0.05, 0.1) is 17.2 Å². The number of phenolic OH excluding ortho intramolecular Hbond substituents is 1. The molecule has 2 aromatic heterocycles. The van der Waals surface area contributed by atoms with Gasteiger partial charge in [-0.1, -0.05) is 26.0 Å². The zero-order valence-electron chi connectivity index (χ0n) is 17.3. The highest BCUT2D eigenvalue weighted by Gasteiger charge is 2.31. The Balaban J connectivity index is 1.80. The standard InChI is InChI=1S/C25H23NO4/c1-14-13-29-22-17-8-9-18-16(7-4-10-25(18,2)3)20(17)21(27)23(19(14)22)30-24(28)15-6-5-11-26-12-15/h5-6,8-9,11-13,27H,4,7,10H2,1-3H3. The second kappa shape index (κ2) is 6.59. The lowest BCUT2D eigenvalue weighted by molar-refractivity contribution is 0.0732. The van der Waals surface area contributed by atoms with Crippen molar-refractivity contribution in [1.82, 2.24) is 4.98 Å². The van der Waals surface area contributed by atoms with Crippen LogP contribution in [0, 0.1) is 6.92 Å². The van der Waals surface area contributed by atoms with Crippen molar-refractivity contribution in [1.29, 1.82) is 0 Å². The van der Waals surface area contributed by atoms with E-state index in [1.54, 1.807) is 24.6 Å². The molecule has 5 nitrogen and oxygen atoms in total. The first kappa shape index (κ1) is 18.7. The molecule has 0 saturated carbocycles. The molecule has 0 bridgehead atoms. The molecule has 4 aromatic rings. The van der Waals surface area contributed by atoms with Crippen LogP contribution in [0.15, 0.2) is 47.3 Å². The van der Waals surface area contributed by atoms with Gasteiger partial charge >= 0.3 is 5.97 Å². The number of hydrogen-bond acceptors (Lipinski definition) is 5. The van der Waals surface area contributed by atoms with Crippen LogP contribution in [0.2, 0.25) is 0 Å². The number of carbonyl (C=O) groups is 1. The summed E-state index contributed by atoms with van der Waals surface area (Å²) in [5.74, 6) is -0.423. The molecule has 1 aliphatic rings. The Morgan fingerprint density at radius 1 is 1.23 bits per heavy atom. The molecule has 0 fully saturated rings. The first-order valence-corrected chi connectivity index (χ1v) is 10.2. The molecule has 0 amide bonds. The van der Waals surface area contributed by atoms with Crippen LogP contribution in [0.3, 0.4) is 0 Å². The highest BCUT2D eigenvalue weighted by atomic mass is 16.5. The van der Waals surface area contributed by atoms with Gasteiger partial charge in [-0.3, -0.25) is 4.98 Å². The second-order valence-electron chi connectivity index (χ2n) is 8.68. The summed E-state index contributed by atoms with van der Waals surface area (Å²) in [6.07, 6.45) is 7.68. The molecule has 5 rings (SSSR count). The average molecular weight is 401 g/mol. The molecule has 1 aliphatic carbocycles. The Kier molecular flexibility index (Phi) is 4.10. The molecule has 0 atom stereocenters. The number of carbonyl (C=O) groups excluding carboxylic acids is 1. The van der Waals surface area contributed by atoms with E-state index >= 15 is 0 Å². The lowest BCUT2D eigenvalue weighted by Crippen LogP contribution is -2.23. The van der Waals surface area contributed by atoms with Crippen molar-refractivity contribution in [2.45, 2.75) is 45.4 Å². The van der Waals surface area contributed by atoms with Crippen molar-refractivity contribution in [3.63, 3.8) is 0 Å². The summed E-state index contributed by atoms with van der Waals surface area (Å²) in [5, 5.41) is 13.6.